The molecule has 0 atom stereocenters. The van der Waals surface area contributed by atoms with E-state index in [1.807, 2.05) is 98.8 Å². The van der Waals surface area contributed by atoms with Crippen LogP contribution in [0.2, 0.25) is 0 Å². The number of fused-ring (bicyclic) bond motifs is 3. The molecule has 1 aromatic heterocycles. The van der Waals surface area contributed by atoms with E-state index < -0.39 is 11.8 Å². The molecular weight excluding hydrogens is 464 g/mol. The van der Waals surface area contributed by atoms with E-state index in [0.717, 1.165) is 22.3 Å². The summed E-state index contributed by atoms with van der Waals surface area (Å²) in [6.07, 6.45) is 0. The molecule has 0 fully saturated rings. The van der Waals surface area contributed by atoms with Crippen LogP contribution in [0.15, 0.2) is 95.4 Å². The van der Waals surface area contributed by atoms with Gasteiger partial charge in [0.05, 0.1) is 5.92 Å². The Kier molecular flexibility index (Phi) is 5.49. The molecule has 2 N–H and O–H groups in total. The fourth-order valence-electron chi connectivity index (χ4n) is 4.72. The summed E-state index contributed by atoms with van der Waals surface area (Å²) in [5.41, 5.74) is 5.21. The maximum Gasteiger partial charge on any atom is 0.293 e. The number of furan rings is 1. The highest BCUT2D eigenvalue weighted by molar-refractivity contribution is 6.15. The number of ether oxygens (including phenoxy) is 1. The van der Waals surface area contributed by atoms with Gasteiger partial charge in [-0.15, -0.1) is 0 Å². The first kappa shape index (κ1) is 22.6. The quantitative estimate of drug-likeness (QED) is 0.281. The van der Waals surface area contributed by atoms with E-state index in [1.54, 1.807) is 6.07 Å². The second kappa shape index (κ2) is 8.99. The molecule has 6 heteroatoms. The molecule has 4 aromatic carbocycles. The fraction of sp³-hybridized carbons (Fsp3) is 0.0968. The van der Waals surface area contributed by atoms with Gasteiger partial charge in [-0.3, -0.25) is 9.59 Å². The summed E-state index contributed by atoms with van der Waals surface area (Å²) in [4.78, 5) is 27.3. The van der Waals surface area contributed by atoms with Crippen molar-refractivity contribution < 1.29 is 18.7 Å². The second-order valence-corrected chi connectivity index (χ2v) is 9.16. The van der Waals surface area contributed by atoms with Gasteiger partial charge in [0.1, 0.15) is 22.8 Å². The summed E-state index contributed by atoms with van der Waals surface area (Å²) in [5.74, 6) is -0.0402. The van der Waals surface area contributed by atoms with Crippen LogP contribution in [0.25, 0.3) is 11.0 Å². The molecule has 6 nitrogen and oxygen atoms in total. The molecule has 2 heterocycles. The van der Waals surface area contributed by atoms with Crippen LogP contribution >= 0.6 is 0 Å². The van der Waals surface area contributed by atoms with Crippen molar-refractivity contribution in [2.75, 3.05) is 10.6 Å². The standard InChI is InChI=1S/C31H24N2O4/c1-18-15-16-20(17-19(18)2)32-31(35)29-28(23-11-5-8-14-26(23)37-29)33-30(34)27-21-9-3-6-12-24(21)36-25-13-7-4-10-22(25)27/h3-17,27H,1-2H3,(H,32,35)(H,33,34). The summed E-state index contributed by atoms with van der Waals surface area (Å²) in [6, 6.07) is 28.0. The highest BCUT2D eigenvalue weighted by Gasteiger charge is 2.34. The predicted molar refractivity (Wildman–Crippen MR) is 144 cm³/mol. The van der Waals surface area contributed by atoms with Gasteiger partial charge in [-0.2, -0.15) is 0 Å². The third kappa shape index (κ3) is 4.02. The zero-order valence-electron chi connectivity index (χ0n) is 20.4. The largest absolute Gasteiger partial charge is 0.457 e. The van der Waals surface area contributed by atoms with Crippen molar-refractivity contribution in [3.63, 3.8) is 0 Å². The first-order valence-corrected chi connectivity index (χ1v) is 12.1. The van der Waals surface area contributed by atoms with Crippen molar-refractivity contribution in [2.24, 2.45) is 0 Å². The van der Waals surface area contributed by atoms with Gasteiger partial charge in [0.2, 0.25) is 11.7 Å². The molecule has 0 spiro atoms. The number of hydrogen-bond donors (Lipinski definition) is 2. The van der Waals surface area contributed by atoms with E-state index in [2.05, 4.69) is 10.6 Å². The number of rotatable bonds is 4. The van der Waals surface area contributed by atoms with Crippen LogP contribution in [0.5, 0.6) is 11.5 Å². The van der Waals surface area contributed by atoms with Crippen molar-refractivity contribution in [2.45, 2.75) is 19.8 Å². The lowest BCUT2D eigenvalue weighted by atomic mass is 9.87. The number of carbonyl (C=O) groups is 2. The Hall–Kier alpha value is -4.84. The molecule has 1 aliphatic heterocycles. The summed E-state index contributed by atoms with van der Waals surface area (Å²) < 4.78 is 12.0. The summed E-state index contributed by atoms with van der Waals surface area (Å²) in [7, 11) is 0. The van der Waals surface area contributed by atoms with Gasteiger partial charge in [-0.05, 0) is 61.4 Å². The molecule has 0 saturated heterocycles. The number of aryl methyl sites for hydroxylation is 2. The van der Waals surface area contributed by atoms with Crippen LogP contribution in [0.3, 0.4) is 0 Å². The zero-order chi connectivity index (χ0) is 25.5. The van der Waals surface area contributed by atoms with Crippen molar-refractivity contribution in [3.05, 3.63) is 119 Å². The molecule has 0 radical (unpaired) electrons. The average Bonchev–Trinajstić information content (AvgIpc) is 3.27. The molecule has 1 aliphatic rings. The van der Waals surface area contributed by atoms with Gasteiger partial charge in [-0.1, -0.05) is 54.6 Å². The molecule has 2 amide bonds. The Labute approximate surface area is 213 Å². The SMILES string of the molecule is Cc1ccc(NC(=O)c2oc3ccccc3c2NC(=O)C2c3ccccc3Oc3ccccc32)cc1C. The number of para-hydroxylation sites is 3. The van der Waals surface area contributed by atoms with Crippen molar-refractivity contribution in [1.29, 1.82) is 0 Å². The highest BCUT2D eigenvalue weighted by Crippen LogP contribution is 2.45. The van der Waals surface area contributed by atoms with E-state index in [1.165, 1.54) is 0 Å². The summed E-state index contributed by atoms with van der Waals surface area (Å²) in [5, 5.41) is 6.58. The first-order chi connectivity index (χ1) is 18.0. The molecule has 0 saturated carbocycles. The minimum Gasteiger partial charge on any atom is -0.457 e. The van der Waals surface area contributed by atoms with Crippen molar-refractivity contribution >= 4 is 34.2 Å². The Bertz CT molecular complexity index is 1640. The number of amides is 2. The number of benzene rings is 4. The number of hydrogen-bond acceptors (Lipinski definition) is 4. The summed E-state index contributed by atoms with van der Waals surface area (Å²) >= 11 is 0. The van der Waals surface area contributed by atoms with E-state index in [0.29, 0.717) is 33.8 Å². The van der Waals surface area contributed by atoms with Gasteiger partial charge >= 0.3 is 0 Å². The Balaban J connectivity index is 1.39. The van der Waals surface area contributed by atoms with Crippen LogP contribution in [-0.4, -0.2) is 11.8 Å². The maximum atomic E-state index is 13.9. The first-order valence-electron chi connectivity index (χ1n) is 12.1. The van der Waals surface area contributed by atoms with Gasteiger partial charge in [0, 0.05) is 22.2 Å². The van der Waals surface area contributed by atoms with Crippen LogP contribution in [0.4, 0.5) is 11.4 Å². The van der Waals surface area contributed by atoms with Crippen LogP contribution < -0.4 is 15.4 Å². The molecular formula is C31H24N2O4. The van der Waals surface area contributed by atoms with E-state index >= 15 is 0 Å². The monoisotopic (exact) mass is 488 g/mol. The normalized spacial score (nSPS) is 12.4. The molecule has 182 valence electrons. The molecule has 5 aromatic rings. The average molecular weight is 489 g/mol. The molecule has 37 heavy (non-hydrogen) atoms. The number of nitrogens with one attached hydrogen (secondary N) is 2. The van der Waals surface area contributed by atoms with Gasteiger partial charge in [-0.25, -0.2) is 0 Å². The lowest BCUT2D eigenvalue weighted by Crippen LogP contribution is -2.26. The smallest absolute Gasteiger partial charge is 0.293 e. The molecule has 0 aliphatic carbocycles. The Morgan fingerprint density at radius 1 is 0.730 bits per heavy atom. The van der Waals surface area contributed by atoms with E-state index in [4.69, 9.17) is 9.15 Å². The van der Waals surface area contributed by atoms with Crippen LogP contribution in [0, 0.1) is 13.8 Å². The lowest BCUT2D eigenvalue weighted by molar-refractivity contribution is -0.116. The van der Waals surface area contributed by atoms with Gasteiger partial charge in [0.25, 0.3) is 5.91 Å². The van der Waals surface area contributed by atoms with Gasteiger partial charge < -0.3 is 19.8 Å². The zero-order valence-corrected chi connectivity index (χ0v) is 20.4. The third-order valence-electron chi connectivity index (χ3n) is 6.76. The third-order valence-corrected chi connectivity index (χ3v) is 6.76. The predicted octanol–water partition coefficient (Wildman–Crippen LogP) is 7.18. The Morgan fingerprint density at radius 3 is 2.08 bits per heavy atom. The van der Waals surface area contributed by atoms with Crippen molar-refractivity contribution in [3.8, 4) is 11.5 Å². The Morgan fingerprint density at radius 2 is 1.38 bits per heavy atom. The van der Waals surface area contributed by atoms with Crippen LogP contribution in [-0.2, 0) is 4.79 Å². The maximum absolute atomic E-state index is 13.9. The summed E-state index contributed by atoms with van der Waals surface area (Å²) in [6.45, 7) is 4.00. The molecule has 0 unspecified atom stereocenters. The highest BCUT2D eigenvalue weighted by atomic mass is 16.5. The number of anilines is 2. The topological polar surface area (TPSA) is 80.6 Å². The second-order valence-electron chi connectivity index (χ2n) is 9.16. The lowest BCUT2D eigenvalue weighted by Gasteiger charge is -2.27. The number of carbonyl (C=O) groups excluding carboxylic acids is 2. The van der Waals surface area contributed by atoms with Gasteiger partial charge in [0.15, 0.2) is 0 Å². The van der Waals surface area contributed by atoms with Crippen molar-refractivity contribution in [1.82, 2.24) is 0 Å². The van der Waals surface area contributed by atoms with Crippen LogP contribution in [0.1, 0.15) is 38.7 Å². The molecule has 0 bridgehead atoms. The van der Waals surface area contributed by atoms with E-state index in [-0.39, 0.29) is 11.7 Å². The fourth-order valence-corrected chi connectivity index (χ4v) is 4.72. The van der Waals surface area contributed by atoms with E-state index in [9.17, 15) is 9.59 Å². The minimum atomic E-state index is -0.620. The molecule has 6 rings (SSSR count). The minimum absolute atomic E-state index is 0.0430.